The van der Waals surface area contributed by atoms with Gasteiger partial charge in [-0.15, -0.1) is 11.6 Å². The van der Waals surface area contributed by atoms with Crippen molar-refractivity contribution in [3.05, 3.63) is 29.0 Å². The molecule has 17 heavy (non-hydrogen) atoms. The van der Waals surface area contributed by atoms with Crippen LogP contribution in [0.5, 0.6) is 0 Å². The van der Waals surface area contributed by atoms with Gasteiger partial charge in [-0.2, -0.15) is 0 Å². The topological polar surface area (TPSA) is 17.8 Å². The van der Waals surface area contributed by atoms with Crippen molar-refractivity contribution in [1.29, 1.82) is 0 Å². The van der Waals surface area contributed by atoms with E-state index in [2.05, 4.69) is 30.3 Å². The summed E-state index contributed by atoms with van der Waals surface area (Å²) in [5.41, 5.74) is 1.79. The molecule has 0 saturated heterocycles. The standard InChI is InChI=1S/C13H16Cl2N2/c1-8(14)12-16-11-9(15)6-5-7-10(11)17(12)13(2,3)4/h5-8H,1-4H3. The summed E-state index contributed by atoms with van der Waals surface area (Å²) >= 11 is 12.4. The van der Waals surface area contributed by atoms with Crippen LogP contribution in [0.4, 0.5) is 0 Å². The first-order chi connectivity index (χ1) is 7.82. The fourth-order valence-electron chi connectivity index (χ4n) is 2.05. The lowest BCUT2D eigenvalue weighted by Crippen LogP contribution is -2.24. The molecule has 0 bridgehead atoms. The van der Waals surface area contributed by atoms with Crippen molar-refractivity contribution in [2.45, 2.75) is 38.6 Å². The lowest BCUT2D eigenvalue weighted by atomic mass is 10.1. The van der Waals surface area contributed by atoms with Crippen molar-refractivity contribution in [2.24, 2.45) is 0 Å². The monoisotopic (exact) mass is 270 g/mol. The fraction of sp³-hybridized carbons (Fsp3) is 0.462. The van der Waals surface area contributed by atoms with Crippen molar-refractivity contribution >= 4 is 34.2 Å². The molecule has 2 aromatic rings. The third-order valence-corrected chi connectivity index (χ3v) is 3.19. The molecule has 4 heteroatoms. The highest BCUT2D eigenvalue weighted by Crippen LogP contribution is 2.33. The maximum absolute atomic E-state index is 6.21. The zero-order valence-corrected chi connectivity index (χ0v) is 12.0. The molecule has 0 aliphatic rings. The van der Waals surface area contributed by atoms with Crippen LogP contribution in [-0.4, -0.2) is 9.55 Å². The Bertz CT molecular complexity index is 550. The first-order valence-electron chi connectivity index (χ1n) is 5.64. The quantitative estimate of drug-likeness (QED) is 0.685. The van der Waals surface area contributed by atoms with Gasteiger partial charge in [0.1, 0.15) is 11.3 Å². The van der Waals surface area contributed by atoms with Crippen LogP contribution in [0, 0.1) is 0 Å². The van der Waals surface area contributed by atoms with E-state index in [1.54, 1.807) is 0 Å². The molecule has 92 valence electrons. The van der Waals surface area contributed by atoms with E-state index in [9.17, 15) is 0 Å². The van der Waals surface area contributed by atoms with Gasteiger partial charge in [0, 0.05) is 5.54 Å². The second kappa shape index (κ2) is 4.18. The Labute approximate surface area is 112 Å². The van der Waals surface area contributed by atoms with Gasteiger partial charge in [0.25, 0.3) is 0 Å². The summed E-state index contributed by atoms with van der Waals surface area (Å²) < 4.78 is 2.16. The van der Waals surface area contributed by atoms with Gasteiger partial charge >= 0.3 is 0 Å². The molecular formula is C13H16Cl2N2. The van der Waals surface area contributed by atoms with Crippen LogP contribution >= 0.6 is 23.2 Å². The van der Waals surface area contributed by atoms with E-state index in [-0.39, 0.29) is 10.9 Å². The SMILES string of the molecule is CC(Cl)c1nc2c(Cl)cccc2n1C(C)(C)C. The molecule has 0 radical (unpaired) electrons. The van der Waals surface area contributed by atoms with Gasteiger partial charge in [-0.1, -0.05) is 17.7 Å². The summed E-state index contributed by atoms with van der Waals surface area (Å²) in [7, 11) is 0. The molecule has 0 spiro atoms. The maximum atomic E-state index is 6.21. The normalized spacial score (nSPS) is 14.2. The first-order valence-corrected chi connectivity index (χ1v) is 6.45. The zero-order chi connectivity index (χ0) is 12.8. The molecule has 0 N–H and O–H groups in total. The molecular weight excluding hydrogens is 255 g/mol. The van der Waals surface area contributed by atoms with Gasteiger partial charge in [0.15, 0.2) is 0 Å². The van der Waals surface area contributed by atoms with E-state index in [0.717, 1.165) is 16.9 Å². The van der Waals surface area contributed by atoms with E-state index >= 15 is 0 Å². The molecule has 1 unspecified atom stereocenters. The largest absolute Gasteiger partial charge is 0.321 e. The number of hydrogen-bond donors (Lipinski definition) is 0. The highest BCUT2D eigenvalue weighted by molar-refractivity contribution is 6.35. The molecule has 0 fully saturated rings. The van der Waals surface area contributed by atoms with Gasteiger partial charge < -0.3 is 4.57 Å². The van der Waals surface area contributed by atoms with Crippen LogP contribution in [-0.2, 0) is 5.54 Å². The molecule has 1 aromatic carbocycles. The number of fused-ring (bicyclic) bond motifs is 1. The number of nitrogens with zero attached hydrogens (tertiary/aromatic N) is 2. The molecule has 1 aromatic heterocycles. The average molecular weight is 271 g/mol. The lowest BCUT2D eigenvalue weighted by Gasteiger charge is -2.25. The minimum absolute atomic E-state index is 0.0715. The first kappa shape index (κ1) is 12.7. The Hall–Kier alpha value is -0.730. The number of hydrogen-bond acceptors (Lipinski definition) is 1. The molecule has 0 saturated carbocycles. The van der Waals surface area contributed by atoms with Crippen LogP contribution in [0.3, 0.4) is 0 Å². The van der Waals surface area contributed by atoms with Gasteiger partial charge in [-0.3, -0.25) is 0 Å². The number of imidazole rings is 1. The van der Waals surface area contributed by atoms with Gasteiger partial charge in [0.05, 0.1) is 15.9 Å². The number of rotatable bonds is 1. The summed E-state index contributed by atoms with van der Waals surface area (Å²) in [5, 5.41) is 0.529. The number of benzene rings is 1. The van der Waals surface area contributed by atoms with Crippen molar-refractivity contribution in [3.63, 3.8) is 0 Å². The van der Waals surface area contributed by atoms with Crippen molar-refractivity contribution in [2.75, 3.05) is 0 Å². The highest BCUT2D eigenvalue weighted by Gasteiger charge is 2.24. The summed E-state index contributed by atoms with van der Waals surface area (Å²) in [5.74, 6) is 0.863. The Balaban J connectivity index is 2.86. The second-order valence-electron chi connectivity index (χ2n) is 5.20. The van der Waals surface area contributed by atoms with E-state index in [0.29, 0.717) is 5.02 Å². The van der Waals surface area contributed by atoms with Crippen LogP contribution in [0.2, 0.25) is 5.02 Å². The van der Waals surface area contributed by atoms with Crippen LogP contribution in [0.15, 0.2) is 18.2 Å². The minimum Gasteiger partial charge on any atom is -0.321 e. The number of halogens is 2. The molecule has 0 aliphatic heterocycles. The van der Waals surface area contributed by atoms with Crippen LogP contribution < -0.4 is 0 Å². The van der Waals surface area contributed by atoms with E-state index < -0.39 is 0 Å². The van der Waals surface area contributed by atoms with Gasteiger partial charge in [-0.05, 0) is 39.8 Å². The van der Waals surface area contributed by atoms with E-state index in [1.165, 1.54) is 0 Å². The second-order valence-corrected chi connectivity index (χ2v) is 6.26. The molecule has 2 nitrogen and oxygen atoms in total. The Kier molecular flexibility index (Phi) is 3.13. The third kappa shape index (κ3) is 2.16. The Morgan fingerprint density at radius 1 is 1.29 bits per heavy atom. The highest BCUT2D eigenvalue weighted by atomic mass is 35.5. The molecule has 0 amide bonds. The van der Waals surface area contributed by atoms with Crippen molar-refractivity contribution < 1.29 is 0 Å². The predicted octanol–water partition coefficient (Wildman–Crippen LogP) is 4.74. The molecule has 2 rings (SSSR count). The fourth-order valence-corrected chi connectivity index (χ4v) is 2.41. The zero-order valence-electron chi connectivity index (χ0n) is 10.5. The number of alkyl halides is 1. The van der Waals surface area contributed by atoms with Gasteiger partial charge in [0.2, 0.25) is 0 Å². The third-order valence-electron chi connectivity index (χ3n) is 2.69. The summed E-state index contributed by atoms with van der Waals surface area (Å²) in [4.78, 5) is 4.58. The molecule has 0 aliphatic carbocycles. The van der Waals surface area contributed by atoms with Crippen molar-refractivity contribution in [3.8, 4) is 0 Å². The minimum atomic E-state index is -0.141. The van der Waals surface area contributed by atoms with Gasteiger partial charge in [-0.25, -0.2) is 4.98 Å². The number of aromatic nitrogens is 2. The Morgan fingerprint density at radius 3 is 2.47 bits per heavy atom. The average Bonchev–Trinajstić information content (AvgIpc) is 2.57. The Morgan fingerprint density at radius 2 is 1.94 bits per heavy atom. The lowest BCUT2D eigenvalue weighted by molar-refractivity contribution is 0.394. The molecule has 1 heterocycles. The smallest absolute Gasteiger partial charge is 0.128 e. The van der Waals surface area contributed by atoms with Crippen LogP contribution in [0.25, 0.3) is 11.0 Å². The maximum Gasteiger partial charge on any atom is 0.128 e. The summed E-state index contributed by atoms with van der Waals surface area (Å²) in [6.45, 7) is 8.34. The summed E-state index contributed by atoms with van der Waals surface area (Å²) in [6, 6.07) is 5.83. The predicted molar refractivity (Wildman–Crippen MR) is 74.0 cm³/mol. The molecule has 1 atom stereocenters. The van der Waals surface area contributed by atoms with E-state index in [4.69, 9.17) is 23.2 Å². The number of para-hydroxylation sites is 1. The van der Waals surface area contributed by atoms with Crippen molar-refractivity contribution in [1.82, 2.24) is 9.55 Å². The summed E-state index contributed by atoms with van der Waals surface area (Å²) in [6.07, 6.45) is 0. The van der Waals surface area contributed by atoms with Crippen LogP contribution in [0.1, 0.15) is 38.9 Å². The van der Waals surface area contributed by atoms with E-state index in [1.807, 2.05) is 25.1 Å².